The van der Waals surface area contributed by atoms with Crippen molar-refractivity contribution >= 4 is 5.97 Å². The van der Waals surface area contributed by atoms with Gasteiger partial charge in [-0.2, -0.15) is 0 Å². The topological polar surface area (TPSA) is 35.5 Å². The normalized spacial score (nSPS) is 13.9. The molecule has 3 nitrogen and oxygen atoms in total. The van der Waals surface area contributed by atoms with E-state index >= 15 is 0 Å². The molecular weight excluding hydrogens is 228 g/mol. The Balaban J connectivity index is 2.57. The summed E-state index contributed by atoms with van der Waals surface area (Å²) in [6.45, 7) is 4.67. The molecule has 18 heavy (non-hydrogen) atoms. The summed E-state index contributed by atoms with van der Waals surface area (Å²) in [4.78, 5) is 11.9. The molecule has 0 aliphatic carbocycles. The third-order valence-corrected chi connectivity index (χ3v) is 3.01. The average molecular weight is 250 g/mol. The number of carbonyl (C=O) groups is 1. The first-order chi connectivity index (χ1) is 8.69. The molecule has 0 saturated heterocycles. The van der Waals surface area contributed by atoms with Crippen LogP contribution >= 0.6 is 0 Å². The lowest BCUT2D eigenvalue weighted by Crippen LogP contribution is -2.27. The second kappa shape index (κ2) is 7.88. The summed E-state index contributed by atoms with van der Waals surface area (Å²) in [7, 11) is 1.67. The van der Waals surface area contributed by atoms with Gasteiger partial charge in [0.15, 0.2) is 0 Å². The number of carbonyl (C=O) groups excluding carboxylic acids is 1. The van der Waals surface area contributed by atoms with Crippen LogP contribution < -0.4 is 0 Å². The summed E-state index contributed by atoms with van der Waals surface area (Å²) >= 11 is 0. The predicted molar refractivity (Wildman–Crippen MR) is 71.6 cm³/mol. The van der Waals surface area contributed by atoms with Gasteiger partial charge in [0, 0.05) is 13.0 Å². The van der Waals surface area contributed by atoms with Gasteiger partial charge in [-0.1, -0.05) is 31.5 Å². The highest BCUT2D eigenvalue weighted by atomic mass is 16.5. The number of methoxy groups -OCH3 is 1. The number of hydrogen-bond donors (Lipinski definition) is 0. The van der Waals surface area contributed by atoms with Crippen molar-refractivity contribution in [2.24, 2.45) is 5.92 Å². The zero-order valence-corrected chi connectivity index (χ0v) is 11.4. The molecule has 0 heterocycles. The monoisotopic (exact) mass is 250 g/mol. The maximum atomic E-state index is 11.9. The van der Waals surface area contributed by atoms with Gasteiger partial charge in [-0.3, -0.25) is 0 Å². The molecule has 0 N–H and O–H groups in total. The molecule has 0 radical (unpaired) electrons. The Labute approximate surface area is 109 Å². The largest absolute Gasteiger partial charge is 0.459 e. The van der Waals surface area contributed by atoms with Crippen molar-refractivity contribution < 1.29 is 14.3 Å². The zero-order chi connectivity index (χ0) is 13.4. The second-order valence-corrected chi connectivity index (χ2v) is 4.48. The van der Waals surface area contributed by atoms with Gasteiger partial charge in [0.05, 0.1) is 12.2 Å². The Morgan fingerprint density at radius 1 is 1.28 bits per heavy atom. The van der Waals surface area contributed by atoms with Crippen LogP contribution in [-0.4, -0.2) is 25.8 Å². The third-order valence-electron chi connectivity index (χ3n) is 3.01. The first-order valence-corrected chi connectivity index (χ1v) is 6.44. The van der Waals surface area contributed by atoms with Gasteiger partial charge in [-0.05, 0) is 25.5 Å². The molecule has 1 aromatic carbocycles. The number of ether oxygens (including phenoxy) is 2. The molecule has 0 aliphatic heterocycles. The molecular formula is C15H22O3. The van der Waals surface area contributed by atoms with Crippen LogP contribution in [0.4, 0.5) is 0 Å². The van der Waals surface area contributed by atoms with E-state index in [9.17, 15) is 4.79 Å². The summed E-state index contributed by atoms with van der Waals surface area (Å²) in [6, 6.07) is 9.07. The Hall–Kier alpha value is -1.35. The summed E-state index contributed by atoms with van der Waals surface area (Å²) in [5, 5.41) is 0. The SMILES string of the molecule is CCCC(COC)C(C)OC(=O)c1ccccc1. The smallest absolute Gasteiger partial charge is 0.338 e. The summed E-state index contributed by atoms with van der Waals surface area (Å²) in [6.07, 6.45) is 1.93. The van der Waals surface area contributed by atoms with Crippen LogP contribution in [0.2, 0.25) is 0 Å². The van der Waals surface area contributed by atoms with Gasteiger partial charge < -0.3 is 9.47 Å². The van der Waals surface area contributed by atoms with E-state index in [1.807, 2.05) is 25.1 Å². The molecule has 2 atom stereocenters. The van der Waals surface area contributed by atoms with Crippen molar-refractivity contribution in [2.45, 2.75) is 32.8 Å². The number of esters is 1. The standard InChI is InChI=1S/C15H22O3/c1-4-8-14(11-17-3)12(2)18-15(16)13-9-6-5-7-10-13/h5-7,9-10,12,14H,4,8,11H2,1-3H3. The Bertz CT molecular complexity index is 342. The minimum absolute atomic E-state index is 0.127. The molecule has 100 valence electrons. The van der Waals surface area contributed by atoms with Gasteiger partial charge in [-0.15, -0.1) is 0 Å². The van der Waals surface area contributed by atoms with E-state index in [0.717, 1.165) is 12.8 Å². The molecule has 0 aromatic heterocycles. The van der Waals surface area contributed by atoms with E-state index in [4.69, 9.17) is 9.47 Å². The number of rotatable bonds is 7. The predicted octanol–water partition coefficient (Wildman–Crippen LogP) is 3.29. The lowest BCUT2D eigenvalue weighted by Gasteiger charge is -2.23. The van der Waals surface area contributed by atoms with E-state index in [0.29, 0.717) is 12.2 Å². The van der Waals surface area contributed by atoms with E-state index in [1.165, 1.54) is 0 Å². The van der Waals surface area contributed by atoms with Crippen LogP contribution in [0, 0.1) is 5.92 Å². The fraction of sp³-hybridized carbons (Fsp3) is 0.533. The van der Waals surface area contributed by atoms with Crippen LogP contribution in [0.1, 0.15) is 37.0 Å². The summed E-state index contributed by atoms with van der Waals surface area (Å²) in [5.41, 5.74) is 0.594. The summed E-state index contributed by atoms with van der Waals surface area (Å²) < 4.78 is 10.7. The van der Waals surface area contributed by atoms with E-state index in [2.05, 4.69) is 6.92 Å². The third kappa shape index (κ3) is 4.49. The first kappa shape index (κ1) is 14.7. The van der Waals surface area contributed by atoms with Crippen LogP contribution in [0.15, 0.2) is 30.3 Å². The molecule has 0 saturated carbocycles. The molecule has 1 aromatic rings. The fourth-order valence-corrected chi connectivity index (χ4v) is 1.95. The minimum Gasteiger partial charge on any atom is -0.459 e. The van der Waals surface area contributed by atoms with Crippen LogP contribution in [0.3, 0.4) is 0 Å². The van der Waals surface area contributed by atoms with Crippen molar-refractivity contribution in [3.8, 4) is 0 Å². The van der Waals surface area contributed by atoms with Crippen molar-refractivity contribution in [1.29, 1.82) is 0 Å². The van der Waals surface area contributed by atoms with E-state index in [1.54, 1.807) is 19.2 Å². The Morgan fingerprint density at radius 3 is 2.50 bits per heavy atom. The van der Waals surface area contributed by atoms with Crippen molar-refractivity contribution in [3.63, 3.8) is 0 Å². The van der Waals surface area contributed by atoms with Gasteiger partial charge in [0.2, 0.25) is 0 Å². The average Bonchev–Trinajstić information content (AvgIpc) is 2.39. The van der Waals surface area contributed by atoms with Crippen molar-refractivity contribution in [1.82, 2.24) is 0 Å². The maximum absolute atomic E-state index is 11.9. The lowest BCUT2D eigenvalue weighted by molar-refractivity contribution is 0.00296. The van der Waals surface area contributed by atoms with E-state index < -0.39 is 0 Å². The zero-order valence-electron chi connectivity index (χ0n) is 11.4. The fourth-order valence-electron chi connectivity index (χ4n) is 1.95. The van der Waals surface area contributed by atoms with E-state index in [-0.39, 0.29) is 18.0 Å². The molecule has 2 unspecified atom stereocenters. The second-order valence-electron chi connectivity index (χ2n) is 4.48. The highest BCUT2D eigenvalue weighted by molar-refractivity contribution is 5.89. The molecule has 0 spiro atoms. The number of hydrogen-bond acceptors (Lipinski definition) is 3. The van der Waals surface area contributed by atoms with Gasteiger partial charge >= 0.3 is 5.97 Å². The van der Waals surface area contributed by atoms with Crippen LogP contribution in [0.25, 0.3) is 0 Å². The molecule has 3 heteroatoms. The molecule has 0 bridgehead atoms. The van der Waals surface area contributed by atoms with Gasteiger partial charge in [0.1, 0.15) is 6.10 Å². The molecule has 0 amide bonds. The summed E-state index contributed by atoms with van der Waals surface area (Å²) in [5.74, 6) is -0.00651. The van der Waals surface area contributed by atoms with Crippen molar-refractivity contribution in [2.75, 3.05) is 13.7 Å². The molecule has 0 aliphatic rings. The highest BCUT2D eigenvalue weighted by Crippen LogP contribution is 2.16. The van der Waals surface area contributed by atoms with Crippen LogP contribution in [-0.2, 0) is 9.47 Å². The minimum atomic E-state index is -0.264. The quantitative estimate of drug-likeness (QED) is 0.696. The van der Waals surface area contributed by atoms with Crippen LogP contribution in [0.5, 0.6) is 0 Å². The van der Waals surface area contributed by atoms with Gasteiger partial charge in [0.25, 0.3) is 0 Å². The molecule has 1 rings (SSSR count). The maximum Gasteiger partial charge on any atom is 0.338 e. The van der Waals surface area contributed by atoms with Crippen molar-refractivity contribution in [3.05, 3.63) is 35.9 Å². The Kier molecular flexibility index (Phi) is 6.44. The first-order valence-electron chi connectivity index (χ1n) is 6.44. The number of benzene rings is 1. The lowest BCUT2D eigenvalue weighted by atomic mass is 9.99. The van der Waals surface area contributed by atoms with Gasteiger partial charge in [-0.25, -0.2) is 4.79 Å². The highest BCUT2D eigenvalue weighted by Gasteiger charge is 2.20. The Morgan fingerprint density at radius 2 is 1.94 bits per heavy atom. The molecule has 0 fully saturated rings.